The minimum atomic E-state index is -2.98. The van der Waals surface area contributed by atoms with Crippen molar-refractivity contribution in [2.45, 2.75) is 6.54 Å². The van der Waals surface area contributed by atoms with E-state index in [1.54, 1.807) is 24.3 Å². The van der Waals surface area contributed by atoms with Crippen molar-refractivity contribution in [1.29, 1.82) is 0 Å². The van der Waals surface area contributed by atoms with Crippen LogP contribution in [0.2, 0.25) is 5.02 Å². The van der Waals surface area contributed by atoms with Crippen LogP contribution >= 0.6 is 11.6 Å². The highest BCUT2D eigenvalue weighted by Gasteiger charge is 2.16. The number of benzene rings is 2. The Labute approximate surface area is 150 Å². The number of nitrogens with zero attached hydrogens (tertiary/aromatic N) is 1. The molecule has 0 aliphatic carbocycles. The molecule has 0 radical (unpaired) electrons. The van der Waals surface area contributed by atoms with Crippen molar-refractivity contribution in [3.8, 4) is 11.5 Å². The van der Waals surface area contributed by atoms with Crippen LogP contribution in [-0.2, 0) is 16.4 Å². The molecule has 7 nitrogen and oxygen atoms in total. The summed E-state index contributed by atoms with van der Waals surface area (Å²) in [5, 5.41) is 14.3. The second-order valence-electron chi connectivity index (χ2n) is 5.42. The Balaban J connectivity index is 1.98. The number of nitro groups is 1. The normalized spacial score (nSPS) is 11.3. The molecule has 1 N–H and O–H groups in total. The fraction of sp³-hybridized carbons (Fsp3) is 0.250. The molecule has 0 fully saturated rings. The summed E-state index contributed by atoms with van der Waals surface area (Å²) in [7, 11) is -2.98. The largest absolute Gasteiger partial charge is 0.450 e. The van der Waals surface area contributed by atoms with Gasteiger partial charge in [0.15, 0.2) is 0 Å². The lowest BCUT2D eigenvalue weighted by Gasteiger charge is -2.08. The zero-order valence-corrected chi connectivity index (χ0v) is 15.0. The molecule has 2 rings (SSSR count). The van der Waals surface area contributed by atoms with Gasteiger partial charge in [0, 0.05) is 30.4 Å². The summed E-state index contributed by atoms with van der Waals surface area (Å²) in [6.45, 7) is 0.880. The highest BCUT2D eigenvalue weighted by atomic mass is 35.5. The second-order valence-corrected chi connectivity index (χ2v) is 8.12. The van der Waals surface area contributed by atoms with Crippen molar-refractivity contribution in [3.05, 3.63) is 63.2 Å². The zero-order valence-electron chi connectivity index (χ0n) is 13.4. The number of hydrogen-bond donors (Lipinski definition) is 1. The molecule has 0 saturated heterocycles. The molecule has 0 amide bonds. The first kappa shape index (κ1) is 19.2. The molecule has 0 aliphatic rings. The van der Waals surface area contributed by atoms with E-state index in [4.69, 9.17) is 16.3 Å². The van der Waals surface area contributed by atoms with Crippen LogP contribution in [0.3, 0.4) is 0 Å². The van der Waals surface area contributed by atoms with E-state index < -0.39 is 14.8 Å². The lowest BCUT2D eigenvalue weighted by molar-refractivity contribution is -0.385. The third-order valence-corrected chi connectivity index (χ3v) is 4.43. The predicted molar refractivity (Wildman–Crippen MR) is 96.0 cm³/mol. The summed E-state index contributed by atoms with van der Waals surface area (Å²) in [5.41, 5.74) is 0.727. The van der Waals surface area contributed by atoms with E-state index in [9.17, 15) is 18.5 Å². The molecule has 0 saturated carbocycles. The number of hydrogen-bond acceptors (Lipinski definition) is 6. The van der Waals surface area contributed by atoms with Crippen molar-refractivity contribution in [2.75, 3.05) is 18.6 Å². The Morgan fingerprint density at radius 2 is 1.88 bits per heavy atom. The van der Waals surface area contributed by atoms with Crippen molar-refractivity contribution in [2.24, 2.45) is 0 Å². The SMILES string of the molecule is CS(=O)(=O)CCNCc1ccc(Oc2ccc(Cl)cc2[N+](=O)[O-])cc1. The minimum Gasteiger partial charge on any atom is -0.450 e. The average Bonchev–Trinajstić information content (AvgIpc) is 2.53. The quantitative estimate of drug-likeness (QED) is 0.426. The fourth-order valence-corrected chi connectivity index (χ4v) is 2.69. The molecule has 0 aliphatic heterocycles. The van der Waals surface area contributed by atoms with Gasteiger partial charge in [-0.3, -0.25) is 10.1 Å². The first-order valence-corrected chi connectivity index (χ1v) is 9.77. The summed E-state index contributed by atoms with van der Waals surface area (Å²) in [6.07, 6.45) is 1.19. The fourth-order valence-electron chi connectivity index (χ4n) is 2.01. The van der Waals surface area contributed by atoms with E-state index >= 15 is 0 Å². The highest BCUT2D eigenvalue weighted by molar-refractivity contribution is 7.90. The summed E-state index contributed by atoms with van der Waals surface area (Å²) >= 11 is 5.77. The third kappa shape index (κ3) is 6.33. The van der Waals surface area contributed by atoms with E-state index in [-0.39, 0.29) is 22.2 Å². The summed E-state index contributed by atoms with van der Waals surface area (Å²) in [4.78, 5) is 10.5. The summed E-state index contributed by atoms with van der Waals surface area (Å²) in [5.74, 6) is 0.632. The summed E-state index contributed by atoms with van der Waals surface area (Å²) < 4.78 is 27.6. The van der Waals surface area contributed by atoms with Gasteiger partial charge in [0.1, 0.15) is 15.6 Å². The third-order valence-electron chi connectivity index (χ3n) is 3.25. The van der Waals surface area contributed by atoms with Crippen molar-refractivity contribution in [1.82, 2.24) is 5.32 Å². The van der Waals surface area contributed by atoms with Crippen LogP contribution in [0.1, 0.15) is 5.56 Å². The Bertz CT molecular complexity index is 853. The Morgan fingerprint density at radius 1 is 1.20 bits per heavy atom. The van der Waals surface area contributed by atoms with Gasteiger partial charge in [0.25, 0.3) is 0 Å². The van der Waals surface area contributed by atoms with Crippen LogP contribution in [0.15, 0.2) is 42.5 Å². The van der Waals surface area contributed by atoms with E-state index in [1.807, 2.05) is 0 Å². The van der Waals surface area contributed by atoms with Crippen LogP contribution in [0, 0.1) is 10.1 Å². The van der Waals surface area contributed by atoms with E-state index in [1.165, 1.54) is 24.5 Å². The molecule has 0 heterocycles. The van der Waals surface area contributed by atoms with Crippen molar-refractivity contribution in [3.63, 3.8) is 0 Å². The van der Waals surface area contributed by atoms with Crippen LogP contribution in [0.4, 0.5) is 5.69 Å². The van der Waals surface area contributed by atoms with Crippen LogP contribution in [-0.4, -0.2) is 31.9 Å². The lowest BCUT2D eigenvalue weighted by atomic mass is 10.2. The number of nitro benzene ring substituents is 1. The maximum atomic E-state index is 11.1. The average molecular weight is 385 g/mol. The van der Waals surface area contributed by atoms with Gasteiger partial charge in [-0.1, -0.05) is 23.7 Å². The molecule has 25 heavy (non-hydrogen) atoms. The molecule has 134 valence electrons. The minimum absolute atomic E-state index is 0.0778. The number of rotatable bonds is 8. The van der Waals surface area contributed by atoms with Crippen LogP contribution in [0.25, 0.3) is 0 Å². The molecule has 2 aromatic rings. The molecular formula is C16H17ClN2O5S. The maximum absolute atomic E-state index is 11.1. The van der Waals surface area contributed by atoms with Gasteiger partial charge in [-0.05, 0) is 29.8 Å². The second kappa shape index (κ2) is 8.28. The maximum Gasteiger partial charge on any atom is 0.313 e. The molecular weight excluding hydrogens is 368 g/mol. The van der Waals surface area contributed by atoms with Gasteiger partial charge in [-0.2, -0.15) is 0 Å². The molecule has 9 heteroatoms. The molecule has 0 spiro atoms. The number of halogens is 1. The topological polar surface area (TPSA) is 98.5 Å². The Kier molecular flexibility index (Phi) is 6.35. The van der Waals surface area contributed by atoms with E-state index in [0.29, 0.717) is 18.8 Å². The number of ether oxygens (including phenoxy) is 1. The Morgan fingerprint density at radius 3 is 2.48 bits per heavy atom. The molecule has 0 unspecified atom stereocenters. The Hall–Kier alpha value is -2.16. The summed E-state index contributed by atoms with van der Waals surface area (Å²) in [6, 6.07) is 11.2. The van der Waals surface area contributed by atoms with Gasteiger partial charge in [0.05, 0.1) is 10.7 Å². The smallest absolute Gasteiger partial charge is 0.313 e. The van der Waals surface area contributed by atoms with E-state index in [2.05, 4.69) is 5.32 Å². The molecule has 0 bridgehead atoms. The van der Waals surface area contributed by atoms with Gasteiger partial charge in [-0.15, -0.1) is 0 Å². The van der Waals surface area contributed by atoms with Crippen molar-refractivity contribution >= 4 is 27.1 Å². The van der Waals surface area contributed by atoms with Crippen LogP contribution in [0.5, 0.6) is 11.5 Å². The van der Waals surface area contributed by atoms with Gasteiger partial charge >= 0.3 is 5.69 Å². The number of nitrogens with one attached hydrogen (secondary N) is 1. The van der Waals surface area contributed by atoms with Gasteiger partial charge < -0.3 is 10.1 Å². The van der Waals surface area contributed by atoms with Gasteiger partial charge in [-0.25, -0.2) is 8.42 Å². The predicted octanol–water partition coefficient (Wildman–Crippen LogP) is 3.17. The first-order chi connectivity index (χ1) is 11.7. The molecule has 0 atom stereocenters. The van der Waals surface area contributed by atoms with Crippen LogP contribution < -0.4 is 10.1 Å². The van der Waals surface area contributed by atoms with Gasteiger partial charge in [0.2, 0.25) is 5.75 Å². The monoisotopic (exact) mass is 384 g/mol. The lowest BCUT2D eigenvalue weighted by Crippen LogP contribution is -2.21. The zero-order chi connectivity index (χ0) is 18.4. The van der Waals surface area contributed by atoms with E-state index in [0.717, 1.165) is 5.56 Å². The molecule has 0 aromatic heterocycles. The number of sulfone groups is 1. The standard InChI is InChI=1S/C16H17ClN2O5S/c1-25(22,23)9-8-18-11-12-2-5-14(6-3-12)24-16-7-4-13(17)10-15(16)19(20)21/h2-7,10,18H,8-9,11H2,1H3. The first-order valence-electron chi connectivity index (χ1n) is 7.34. The van der Waals surface area contributed by atoms with Crippen molar-refractivity contribution < 1.29 is 18.1 Å². The highest BCUT2D eigenvalue weighted by Crippen LogP contribution is 2.33. The molecule has 2 aromatic carbocycles.